The summed E-state index contributed by atoms with van der Waals surface area (Å²) >= 11 is 0. The molecule has 120 valence electrons. The van der Waals surface area contributed by atoms with E-state index in [1.807, 2.05) is 6.92 Å². The maximum Gasteiger partial charge on any atom is 0.237 e. The lowest BCUT2D eigenvalue weighted by atomic mass is 9.91. The van der Waals surface area contributed by atoms with Gasteiger partial charge in [0.05, 0.1) is 5.54 Å². The zero-order valence-corrected chi connectivity index (χ0v) is 14.3. The monoisotopic (exact) mass is 285 g/mol. The van der Waals surface area contributed by atoms with Crippen LogP contribution in [-0.4, -0.2) is 42.0 Å². The Kier molecular flexibility index (Phi) is 9.06. The van der Waals surface area contributed by atoms with Crippen LogP contribution in [0.5, 0.6) is 0 Å². The number of amides is 1. The van der Waals surface area contributed by atoms with Crippen molar-refractivity contribution in [2.45, 2.75) is 72.4 Å². The van der Waals surface area contributed by atoms with Crippen molar-refractivity contribution in [3.05, 3.63) is 0 Å². The Labute approximate surface area is 125 Å². The molecule has 0 aromatic carbocycles. The van der Waals surface area contributed by atoms with Gasteiger partial charge in [0.1, 0.15) is 0 Å². The Morgan fingerprint density at radius 3 is 2.30 bits per heavy atom. The summed E-state index contributed by atoms with van der Waals surface area (Å²) < 4.78 is 0. The summed E-state index contributed by atoms with van der Waals surface area (Å²) in [7, 11) is 0. The molecule has 4 nitrogen and oxygen atoms in total. The highest BCUT2D eigenvalue weighted by atomic mass is 16.1. The Morgan fingerprint density at radius 2 is 1.90 bits per heavy atom. The van der Waals surface area contributed by atoms with Crippen LogP contribution in [0, 0.1) is 5.92 Å². The number of nitrogens with two attached hydrogens (primary N) is 1. The number of rotatable bonds is 11. The third-order valence-electron chi connectivity index (χ3n) is 4.29. The average molecular weight is 285 g/mol. The molecule has 0 saturated heterocycles. The van der Waals surface area contributed by atoms with Crippen LogP contribution in [-0.2, 0) is 4.79 Å². The van der Waals surface area contributed by atoms with Gasteiger partial charge in [0.2, 0.25) is 5.91 Å². The maximum atomic E-state index is 11.8. The van der Waals surface area contributed by atoms with Gasteiger partial charge in [-0.15, -0.1) is 0 Å². The van der Waals surface area contributed by atoms with Crippen molar-refractivity contribution in [1.82, 2.24) is 10.2 Å². The molecule has 3 atom stereocenters. The van der Waals surface area contributed by atoms with Gasteiger partial charge >= 0.3 is 0 Å². The summed E-state index contributed by atoms with van der Waals surface area (Å²) in [6.45, 7) is 15.8. The van der Waals surface area contributed by atoms with Crippen LogP contribution in [0.25, 0.3) is 0 Å². The molecule has 0 spiro atoms. The number of hydrogen-bond acceptors (Lipinski definition) is 3. The van der Waals surface area contributed by atoms with Gasteiger partial charge in [0.25, 0.3) is 0 Å². The highest BCUT2D eigenvalue weighted by Gasteiger charge is 2.33. The second kappa shape index (κ2) is 9.35. The first-order valence-corrected chi connectivity index (χ1v) is 8.09. The number of hydrogen-bond donors (Lipinski definition) is 2. The Bertz CT molecular complexity index is 283. The molecule has 0 radical (unpaired) electrons. The van der Waals surface area contributed by atoms with Crippen LogP contribution in [0.1, 0.15) is 60.8 Å². The summed E-state index contributed by atoms with van der Waals surface area (Å²) in [4.78, 5) is 14.2. The SMILES string of the molecule is CCCNC(C)(CC(C)N(CC)CC(C)CC)C(N)=O. The van der Waals surface area contributed by atoms with E-state index in [1.54, 1.807) is 0 Å². The van der Waals surface area contributed by atoms with E-state index in [2.05, 4.69) is 44.8 Å². The van der Waals surface area contributed by atoms with Crippen LogP contribution in [0.3, 0.4) is 0 Å². The Balaban J connectivity index is 4.70. The summed E-state index contributed by atoms with van der Waals surface area (Å²) in [6, 6.07) is 0.343. The largest absolute Gasteiger partial charge is 0.368 e. The summed E-state index contributed by atoms with van der Waals surface area (Å²) in [5, 5.41) is 3.32. The number of carbonyl (C=O) groups excluding carboxylic acids is 1. The molecular weight excluding hydrogens is 250 g/mol. The fraction of sp³-hybridized carbons (Fsp3) is 0.938. The molecular formula is C16H35N3O. The van der Waals surface area contributed by atoms with E-state index in [4.69, 9.17) is 5.73 Å². The highest BCUT2D eigenvalue weighted by molar-refractivity contribution is 5.84. The summed E-state index contributed by atoms with van der Waals surface area (Å²) in [6.07, 6.45) is 2.94. The van der Waals surface area contributed by atoms with Gasteiger partial charge in [0, 0.05) is 12.6 Å². The van der Waals surface area contributed by atoms with Crippen LogP contribution < -0.4 is 11.1 Å². The number of primary amides is 1. The molecule has 0 fully saturated rings. The molecule has 0 aliphatic carbocycles. The lowest BCUT2D eigenvalue weighted by Crippen LogP contribution is -2.56. The van der Waals surface area contributed by atoms with E-state index >= 15 is 0 Å². The van der Waals surface area contributed by atoms with Crippen molar-refractivity contribution in [3.63, 3.8) is 0 Å². The normalized spacial score (nSPS) is 17.8. The van der Waals surface area contributed by atoms with Gasteiger partial charge in [-0.1, -0.05) is 34.1 Å². The second-order valence-corrected chi connectivity index (χ2v) is 6.28. The average Bonchev–Trinajstić information content (AvgIpc) is 2.41. The molecule has 0 aliphatic heterocycles. The molecule has 0 saturated carbocycles. The molecule has 0 bridgehead atoms. The van der Waals surface area contributed by atoms with Gasteiger partial charge in [-0.25, -0.2) is 0 Å². The zero-order valence-electron chi connectivity index (χ0n) is 14.3. The maximum absolute atomic E-state index is 11.8. The number of nitrogens with one attached hydrogen (secondary N) is 1. The summed E-state index contributed by atoms with van der Waals surface area (Å²) in [5.41, 5.74) is 5.00. The number of nitrogens with zero attached hydrogens (tertiary/aromatic N) is 1. The molecule has 20 heavy (non-hydrogen) atoms. The van der Waals surface area contributed by atoms with E-state index in [-0.39, 0.29) is 5.91 Å². The second-order valence-electron chi connectivity index (χ2n) is 6.28. The lowest BCUT2D eigenvalue weighted by molar-refractivity contribution is -0.124. The van der Waals surface area contributed by atoms with Gasteiger partial charge in [-0.2, -0.15) is 0 Å². The topological polar surface area (TPSA) is 58.4 Å². The van der Waals surface area contributed by atoms with Crippen molar-refractivity contribution in [1.29, 1.82) is 0 Å². The van der Waals surface area contributed by atoms with Crippen molar-refractivity contribution in [2.24, 2.45) is 11.7 Å². The van der Waals surface area contributed by atoms with E-state index in [0.717, 1.165) is 32.5 Å². The van der Waals surface area contributed by atoms with E-state index in [1.165, 1.54) is 6.42 Å². The fourth-order valence-electron chi connectivity index (χ4n) is 2.53. The van der Waals surface area contributed by atoms with E-state index < -0.39 is 5.54 Å². The van der Waals surface area contributed by atoms with Crippen molar-refractivity contribution in [2.75, 3.05) is 19.6 Å². The molecule has 0 aromatic heterocycles. The van der Waals surface area contributed by atoms with Gasteiger partial charge in [-0.3, -0.25) is 4.79 Å². The first-order chi connectivity index (χ1) is 9.30. The van der Waals surface area contributed by atoms with E-state index in [9.17, 15) is 4.79 Å². The fourth-order valence-corrected chi connectivity index (χ4v) is 2.53. The van der Waals surface area contributed by atoms with Crippen LogP contribution in [0.15, 0.2) is 0 Å². The first kappa shape index (κ1) is 19.4. The van der Waals surface area contributed by atoms with E-state index in [0.29, 0.717) is 12.0 Å². The highest BCUT2D eigenvalue weighted by Crippen LogP contribution is 2.18. The lowest BCUT2D eigenvalue weighted by Gasteiger charge is -2.36. The Hall–Kier alpha value is -0.610. The third-order valence-corrected chi connectivity index (χ3v) is 4.29. The first-order valence-electron chi connectivity index (χ1n) is 8.09. The minimum atomic E-state index is -0.613. The van der Waals surface area contributed by atoms with Gasteiger partial charge in [0.15, 0.2) is 0 Å². The predicted molar refractivity (Wildman–Crippen MR) is 86.7 cm³/mol. The van der Waals surface area contributed by atoms with Gasteiger partial charge in [-0.05, 0) is 45.7 Å². The predicted octanol–water partition coefficient (Wildman–Crippen LogP) is 2.38. The standard InChI is InChI=1S/C16H35N3O/c1-7-10-18-16(6,15(17)20)11-14(5)19(9-3)12-13(4)8-2/h13-14,18H,7-12H2,1-6H3,(H2,17,20). The molecule has 0 heterocycles. The zero-order chi connectivity index (χ0) is 15.8. The van der Waals surface area contributed by atoms with Crippen molar-refractivity contribution < 1.29 is 4.79 Å². The van der Waals surface area contributed by atoms with Gasteiger partial charge < -0.3 is 16.0 Å². The Morgan fingerprint density at radius 1 is 1.30 bits per heavy atom. The quantitative estimate of drug-likeness (QED) is 0.613. The molecule has 3 unspecified atom stereocenters. The number of carbonyl (C=O) groups is 1. The smallest absolute Gasteiger partial charge is 0.237 e. The molecule has 0 aliphatic rings. The van der Waals surface area contributed by atoms with Crippen LogP contribution >= 0.6 is 0 Å². The van der Waals surface area contributed by atoms with Crippen molar-refractivity contribution in [3.8, 4) is 0 Å². The third kappa shape index (κ3) is 6.23. The summed E-state index contributed by atoms with van der Waals surface area (Å²) in [5.74, 6) is 0.429. The molecule has 1 amide bonds. The van der Waals surface area contributed by atoms with Crippen LogP contribution in [0.4, 0.5) is 0 Å². The minimum Gasteiger partial charge on any atom is -0.368 e. The molecule has 4 heteroatoms. The van der Waals surface area contributed by atoms with Crippen LogP contribution in [0.2, 0.25) is 0 Å². The molecule has 0 rings (SSSR count). The molecule has 0 aromatic rings. The molecule has 3 N–H and O–H groups in total. The van der Waals surface area contributed by atoms with Crippen molar-refractivity contribution >= 4 is 5.91 Å². The minimum absolute atomic E-state index is 0.252.